The predicted octanol–water partition coefficient (Wildman–Crippen LogP) is 2.28. The van der Waals surface area contributed by atoms with E-state index in [1.165, 1.54) is 4.68 Å². The molecule has 0 bridgehead atoms. The highest BCUT2D eigenvalue weighted by Crippen LogP contribution is 2.30. The van der Waals surface area contributed by atoms with Gasteiger partial charge in [-0.2, -0.15) is 5.10 Å². The Morgan fingerprint density at radius 2 is 2.20 bits per heavy atom. The van der Waals surface area contributed by atoms with Crippen molar-refractivity contribution in [3.63, 3.8) is 0 Å². The van der Waals surface area contributed by atoms with Gasteiger partial charge in [-0.25, -0.2) is 4.79 Å². The molecule has 102 valence electrons. The lowest BCUT2D eigenvalue weighted by atomic mass is 10.1. The van der Waals surface area contributed by atoms with Crippen molar-refractivity contribution in [2.24, 2.45) is 7.05 Å². The van der Waals surface area contributed by atoms with E-state index < -0.39 is 5.97 Å². The van der Waals surface area contributed by atoms with Crippen molar-refractivity contribution in [1.29, 1.82) is 0 Å². The fourth-order valence-corrected chi connectivity index (χ4v) is 2.24. The van der Waals surface area contributed by atoms with Crippen LogP contribution in [-0.4, -0.2) is 33.0 Å². The number of aromatic nitrogens is 3. The van der Waals surface area contributed by atoms with Gasteiger partial charge >= 0.3 is 5.97 Å². The molecule has 0 aliphatic carbocycles. The molecule has 2 aromatic heterocycles. The summed E-state index contributed by atoms with van der Waals surface area (Å²) >= 11 is 0. The highest BCUT2D eigenvalue weighted by Gasteiger charge is 2.15. The number of aryl methyl sites for hydroxylation is 1. The molecule has 1 aromatic carbocycles. The van der Waals surface area contributed by atoms with E-state index in [1.807, 2.05) is 24.4 Å². The predicted molar refractivity (Wildman–Crippen MR) is 74.0 cm³/mol. The molecule has 3 aromatic rings. The minimum absolute atomic E-state index is 0.155. The number of fused-ring (bicyclic) bond motifs is 1. The van der Waals surface area contributed by atoms with Crippen molar-refractivity contribution >= 4 is 16.9 Å². The third-order valence-corrected chi connectivity index (χ3v) is 3.26. The molecule has 0 fully saturated rings. The lowest BCUT2D eigenvalue weighted by Gasteiger charge is -1.99. The van der Waals surface area contributed by atoms with Crippen LogP contribution in [0.25, 0.3) is 22.2 Å². The molecule has 0 saturated heterocycles. The van der Waals surface area contributed by atoms with E-state index >= 15 is 0 Å². The Morgan fingerprint density at radius 3 is 2.85 bits per heavy atom. The largest absolute Gasteiger partial charge is 0.497 e. The van der Waals surface area contributed by atoms with Gasteiger partial charge in [0.1, 0.15) is 11.4 Å². The van der Waals surface area contributed by atoms with Crippen LogP contribution in [0.3, 0.4) is 0 Å². The fraction of sp³-hybridized carbons (Fsp3) is 0.143. The zero-order chi connectivity index (χ0) is 14.3. The molecule has 20 heavy (non-hydrogen) atoms. The summed E-state index contributed by atoms with van der Waals surface area (Å²) in [5, 5.41) is 14.3. The van der Waals surface area contributed by atoms with Gasteiger partial charge in [0.15, 0.2) is 0 Å². The monoisotopic (exact) mass is 271 g/mol. The number of hydrogen-bond donors (Lipinski definition) is 2. The molecule has 0 unspecified atom stereocenters. The van der Waals surface area contributed by atoms with E-state index in [0.717, 1.165) is 22.2 Å². The second-order valence-corrected chi connectivity index (χ2v) is 4.46. The number of benzene rings is 1. The maximum Gasteiger partial charge on any atom is 0.354 e. The first kappa shape index (κ1) is 12.3. The number of methoxy groups -OCH3 is 1. The van der Waals surface area contributed by atoms with Crippen LogP contribution in [0.4, 0.5) is 0 Å². The molecule has 0 atom stereocenters. The van der Waals surface area contributed by atoms with Crippen LogP contribution < -0.4 is 4.74 Å². The summed E-state index contributed by atoms with van der Waals surface area (Å²) < 4.78 is 6.54. The van der Waals surface area contributed by atoms with Crippen LogP contribution >= 0.6 is 0 Å². The normalized spacial score (nSPS) is 10.9. The first-order valence-electron chi connectivity index (χ1n) is 6.03. The van der Waals surface area contributed by atoms with Crippen molar-refractivity contribution in [2.45, 2.75) is 0 Å². The van der Waals surface area contributed by atoms with Crippen LogP contribution in [0.5, 0.6) is 5.75 Å². The molecule has 6 heteroatoms. The number of carboxylic acid groups (broad SMARTS) is 1. The van der Waals surface area contributed by atoms with Crippen molar-refractivity contribution in [1.82, 2.24) is 14.8 Å². The SMILES string of the molecule is COc1ccc2c(-c3cc(C(=O)O)n(C)n3)c[nH]c2c1. The highest BCUT2D eigenvalue weighted by atomic mass is 16.5. The zero-order valence-corrected chi connectivity index (χ0v) is 11.0. The first-order valence-corrected chi connectivity index (χ1v) is 6.03. The average Bonchev–Trinajstić information content (AvgIpc) is 3.01. The molecular weight excluding hydrogens is 258 g/mol. The highest BCUT2D eigenvalue weighted by molar-refractivity contribution is 5.96. The number of carbonyl (C=O) groups is 1. The number of hydrogen-bond acceptors (Lipinski definition) is 3. The first-order chi connectivity index (χ1) is 9.60. The van der Waals surface area contributed by atoms with Crippen LogP contribution in [0.2, 0.25) is 0 Å². The summed E-state index contributed by atoms with van der Waals surface area (Å²) in [5.41, 5.74) is 2.57. The zero-order valence-electron chi connectivity index (χ0n) is 11.0. The molecule has 0 radical (unpaired) electrons. The Kier molecular flexibility index (Phi) is 2.71. The lowest BCUT2D eigenvalue weighted by Crippen LogP contribution is -2.04. The quantitative estimate of drug-likeness (QED) is 0.765. The van der Waals surface area contributed by atoms with Crippen molar-refractivity contribution in [3.8, 4) is 17.0 Å². The second kappa shape index (κ2) is 4.41. The minimum Gasteiger partial charge on any atom is -0.497 e. The van der Waals surface area contributed by atoms with Gasteiger partial charge in [0.05, 0.1) is 12.8 Å². The Labute approximate surface area is 114 Å². The van der Waals surface area contributed by atoms with Gasteiger partial charge in [0.2, 0.25) is 0 Å². The van der Waals surface area contributed by atoms with Gasteiger partial charge in [-0.15, -0.1) is 0 Å². The van der Waals surface area contributed by atoms with Gasteiger partial charge in [-0.05, 0) is 18.2 Å². The molecule has 0 amide bonds. The number of rotatable bonds is 3. The van der Waals surface area contributed by atoms with Crippen LogP contribution in [0.15, 0.2) is 30.5 Å². The summed E-state index contributed by atoms with van der Waals surface area (Å²) in [6.45, 7) is 0. The number of ether oxygens (including phenoxy) is 1. The summed E-state index contributed by atoms with van der Waals surface area (Å²) in [7, 11) is 3.23. The average molecular weight is 271 g/mol. The molecule has 0 spiro atoms. The van der Waals surface area contributed by atoms with E-state index in [9.17, 15) is 4.79 Å². The minimum atomic E-state index is -0.993. The Bertz CT molecular complexity index is 801. The van der Waals surface area contributed by atoms with E-state index in [0.29, 0.717) is 5.69 Å². The molecule has 0 aliphatic heterocycles. The van der Waals surface area contributed by atoms with Crippen LogP contribution in [0, 0.1) is 0 Å². The Hall–Kier alpha value is -2.76. The molecule has 0 saturated carbocycles. The standard InChI is InChI=1S/C14H13N3O3/c1-17-13(14(18)19)6-12(16-17)10-7-15-11-5-8(20-2)3-4-9(10)11/h3-7,15H,1-2H3,(H,18,19). The summed E-state index contributed by atoms with van der Waals surface area (Å²) in [6, 6.07) is 7.24. The molecule has 6 nitrogen and oxygen atoms in total. The van der Waals surface area contributed by atoms with Crippen molar-refractivity contribution in [2.75, 3.05) is 7.11 Å². The van der Waals surface area contributed by atoms with Crippen LogP contribution in [-0.2, 0) is 7.05 Å². The Morgan fingerprint density at radius 1 is 1.40 bits per heavy atom. The van der Waals surface area contributed by atoms with Gasteiger partial charge in [-0.1, -0.05) is 0 Å². The van der Waals surface area contributed by atoms with Crippen molar-refractivity contribution in [3.05, 3.63) is 36.2 Å². The maximum absolute atomic E-state index is 11.1. The topological polar surface area (TPSA) is 80.1 Å². The second-order valence-electron chi connectivity index (χ2n) is 4.46. The molecular formula is C14H13N3O3. The lowest BCUT2D eigenvalue weighted by molar-refractivity contribution is 0.0685. The van der Waals surface area contributed by atoms with Gasteiger partial charge in [-0.3, -0.25) is 4.68 Å². The molecule has 3 rings (SSSR count). The third kappa shape index (κ3) is 1.82. The number of aromatic carboxylic acids is 1. The molecule has 2 N–H and O–H groups in total. The number of nitrogens with one attached hydrogen (secondary N) is 1. The molecule has 2 heterocycles. The van der Waals surface area contributed by atoms with E-state index in [1.54, 1.807) is 20.2 Å². The van der Waals surface area contributed by atoms with Gasteiger partial charge in [0.25, 0.3) is 0 Å². The number of aromatic amines is 1. The van der Waals surface area contributed by atoms with E-state index in [2.05, 4.69) is 10.1 Å². The fourth-order valence-electron chi connectivity index (χ4n) is 2.24. The number of H-pyrrole nitrogens is 1. The van der Waals surface area contributed by atoms with Crippen LogP contribution in [0.1, 0.15) is 10.5 Å². The number of nitrogens with zero attached hydrogens (tertiary/aromatic N) is 2. The summed E-state index contributed by atoms with van der Waals surface area (Å²) in [5.74, 6) is -0.231. The van der Waals surface area contributed by atoms with E-state index in [-0.39, 0.29) is 5.69 Å². The smallest absolute Gasteiger partial charge is 0.354 e. The summed E-state index contributed by atoms with van der Waals surface area (Å²) in [6.07, 6.45) is 1.82. The van der Waals surface area contributed by atoms with E-state index in [4.69, 9.17) is 9.84 Å². The maximum atomic E-state index is 11.1. The number of carboxylic acids is 1. The third-order valence-electron chi connectivity index (χ3n) is 3.26. The van der Waals surface area contributed by atoms with Gasteiger partial charge in [0, 0.05) is 35.8 Å². The Balaban J connectivity index is 2.15. The van der Waals surface area contributed by atoms with Gasteiger partial charge < -0.3 is 14.8 Å². The molecule has 0 aliphatic rings. The summed E-state index contributed by atoms with van der Waals surface area (Å²) in [4.78, 5) is 14.2. The van der Waals surface area contributed by atoms with Crippen molar-refractivity contribution < 1.29 is 14.6 Å².